The fourth-order valence-corrected chi connectivity index (χ4v) is 2.69. The zero-order valence-electron chi connectivity index (χ0n) is 10.9. The average Bonchev–Trinajstić information content (AvgIpc) is 2.75. The Bertz CT molecular complexity index is 439. The summed E-state index contributed by atoms with van der Waals surface area (Å²) in [6.07, 6.45) is 2.89. The summed E-state index contributed by atoms with van der Waals surface area (Å²) in [5.74, 6) is 0.0270. The van der Waals surface area contributed by atoms with E-state index in [1.54, 1.807) is 0 Å². The van der Waals surface area contributed by atoms with E-state index in [4.69, 9.17) is 17.3 Å². The zero-order chi connectivity index (χ0) is 13.1. The summed E-state index contributed by atoms with van der Waals surface area (Å²) in [6.45, 7) is 1.96. The van der Waals surface area contributed by atoms with Crippen molar-refractivity contribution in [3.05, 3.63) is 34.9 Å². The lowest BCUT2D eigenvalue weighted by Crippen LogP contribution is -2.39. The number of rotatable bonds is 3. The first-order valence-electron chi connectivity index (χ1n) is 6.39. The van der Waals surface area contributed by atoms with Crippen molar-refractivity contribution >= 4 is 29.9 Å². The molecule has 0 aromatic heterocycles. The number of hydrogen-bond donors (Lipinski definition) is 2. The second-order valence-corrected chi connectivity index (χ2v) is 5.42. The molecule has 1 saturated carbocycles. The van der Waals surface area contributed by atoms with Crippen LogP contribution in [0.5, 0.6) is 0 Å². The van der Waals surface area contributed by atoms with Crippen LogP contribution >= 0.6 is 24.0 Å². The Balaban J connectivity index is 0.00000180. The lowest BCUT2D eigenvalue weighted by Gasteiger charge is -2.20. The minimum absolute atomic E-state index is 0. The maximum Gasteiger partial charge on any atom is 0.225 e. The first-order chi connectivity index (χ1) is 8.58. The zero-order valence-corrected chi connectivity index (χ0v) is 12.5. The molecule has 0 aliphatic heterocycles. The number of carbonyl (C=O) groups excluding carboxylic acids is 1. The summed E-state index contributed by atoms with van der Waals surface area (Å²) < 4.78 is 0. The highest BCUT2D eigenvalue weighted by atomic mass is 35.5. The summed E-state index contributed by atoms with van der Waals surface area (Å²) in [5, 5.41) is 3.70. The standard InChI is InChI=1S/C14H19ClN2O.ClH/c1-9(10-4-2-5-11(15)8-10)17-14(18)12-6-3-7-13(12)16;/h2,4-5,8-9,12-13H,3,6-7,16H2,1H3,(H,17,18);1H. The summed E-state index contributed by atoms with van der Waals surface area (Å²) in [4.78, 5) is 12.1. The molecule has 2 rings (SSSR count). The van der Waals surface area contributed by atoms with Crippen LogP contribution in [0.25, 0.3) is 0 Å². The Hall–Kier alpha value is -0.770. The molecule has 19 heavy (non-hydrogen) atoms. The van der Waals surface area contributed by atoms with Crippen LogP contribution in [0.1, 0.15) is 37.8 Å². The van der Waals surface area contributed by atoms with E-state index in [0.717, 1.165) is 24.8 Å². The second kappa shape index (κ2) is 7.13. The summed E-state index contributed by atoms with van der Waals surface area (Å²) >= 11 is 5.94. The van der Waals surface area contributed by atoms with Gasteiger partial charge in [0, 0.05) is 11.1 Å². The highest BCUT2D eigenvalue weighted by molar-refractivity contribution is 6.30. The van der Waals surface area contributed by atoms with Gasteiger partial charge in [-0.3, -0.25) is 4.79 Å². The summed E-state index contributed by atoms with van der Waals surface area (Å²) in [7, 11) is 0. The highest BCUT2D eigenvalue weighted by Crippen LogP contribution is 2.25. The minimum atomic E-state index is -0.0380. The highest BCUT2D eigenvalue weighted by Gasteiger charge is 2.30. The van der Waals surface area contributed by atoms with Gasteiger partial charge < -0.3 is 11.1 Å². The normalized spacial score (nSPS) is 23.5. The number of nitrogens with one attached hydrogen (secondary N) is 1. The van der Waals surface area contributed by atoms with Gasteiger partial charge >= 0.3 is 0 Å². The van der Waals surface area contributed by atoms with Crippen LogP contribution < -0.4 is 11.1 Å². The molecule has 1 aliphatic carbocycles. The average molecular weight is 303 g/mol. The van der Waals surface area contributed by atoms with Gasteiger partial charge in [-0.2, -0.15) is 0 Å². The number of carbonyl (C=O) groups is 1. The fraction of sp³-hybridized carbons (Fsp3) is 0.500. The maximum atomic E-state index is 12.1. The van der Waals surface area contributed by atoms with Crippen LogP contribution in [-0.2, 0) is 4.79 Å². The molecule has 3 atom stereocenters. The van der Waals surface area contributed by atoms with Crippen LogP contribution in [0.4, 0.5) is 0 Å². The SMILES string of the molecule is CC(NC(=O)C1CCCC1N)c1cccc(Cl)c1.Cl. The van der Waals surface area contributed by atoms with E-state index in [2.05, 4.69) is 5.32 Å². The lowest BCUT2D eigenvalue weighted by molar-refractivity contribution is -0.125. The van der Waals surface area contributed by atoms with Crippen LogP contribution in [0.3, 0.4) is 0 Å². The Morgan fingerprint density at radius 1 is 1.47 bits per heavy atom. The van der Waals surface area contributed by atoms with Crippen LogP contribution in [-0.4, -0.2) is 11.9 Å². The van der Waals surface area contributed by atoms with Gasteiger partial charge in [0.2, 0.25) is 5.91 Å². The second-order valence-electron chi connectivity index (χ2n) is 4.99. The molecule has 1 aromatic rings. The minimum Gasteiger partial charge on any atom is -0.349 e. The van der Waals surface area contributed by atoms with Gasteiger partial charge in [0.15, 0.2) is 0 Å². The Labute approximate surface area is 125 Å². The molecule has 5 heteroatoms. The van der Waals surface area contributed by atoms with E-state index in [1.807, 2.05) is 31.2 Å². The molecule has 1 aromatic carbocycles. The first-order valence-corrected chi connectivity index (χ1v) is 6.77. The van der Waals surface area contributed by atoms with Gasteiger partial charge in [-0.05, 0) is 37.5 Å². The molecule has 1 amide bonds. The Kier molecular flexibility index (Phi) is 6.11. The fourth-order valence-electron chi connectivity index (χ4n) is 2.49. The van der Waals surface area contributed by atoms with Gasteiger partial charge in [-0.1, -0.05) is 30.2 Å². The molecule has 0 radical (unpaired) electrons. The van der Waals surface area contributed by atoms with E-state index < -0.39 is 0 Å². The number of amides is 1. The molecule has 0 bridgehead atoms. The van der Waals surface area contributed by atoms with Crippen LogP contribution in [0.2, 0.25) is 5.02 Å². The van der Waals surface area contributed by atoms with Gasteiger partial charge in [0.1, 0.15) is 0 Å². The lowest BCUT2D eigenvalue weighted by atomic mass is 10.0. The van der Waals surface area contributed by atoms with Crippen LogP contribution in [0, 0.1) is 5.92 Å². The molecular weight excluding hydrogens is 283 g/mol. The Morgan fingerprint density at radius 3 is 2.79 bits per heavy atom. The molecule has 106 valence electrons. The predicted octanol–water partition coefficient (Wildman–Crippen LogP) is 3.07. The number of nitrogens with two attached hydrogens (primary N) is 1. The molecular formula is C14H20Cl2N2O. The Morgan fingerprint density at radius 2 is 2.21 bits per heavy atom. The van der Waals surface area contributed by atoms with Crippen molar-refractivity contribution in [1.29, 1.82) is 0 Å². The molecule has 1 fully saturated rings. The molecule has 0 saturated heterocycles. The smallest absolute Gasteiger partial charge is 0.225 e. The monoisotopic (exact) mass is 302 g/mol. The molecule has 3 N–H and O–H groups in total. The van der Waals surface area contributed by atoms with Crippen molar-refractivity contribution in [2.45, 2.75) is 38.3 Å². The van der Waals surface area contributed by atoms with Gasteiger partial charge in [-0.25, -0.2) is 0 Å². The molecule has 0 spiro atoms. The quantitative estimate of drug-likeness (QED) is 0.901. The third-order valence-electron chi connectivity index (χ3n) is 3.61. The van der Waals surface area contributed by atoms with Crippen molar-refractivity contribution in [2.75, 3.05) is 0 Å². The third kappa shape index (κ3) is 4.10. The van der Waals surface area contributed by atoms with Crippen molar-refractivity contribution < 1.29 is 4.79 Å². The van der Waals surface area contributed by atoms with E-state index in [-0.39, 0.29) is 36.3 Å². The number of benzene rings is 1. The van der Waals surface area contributed by atoms with Gasteiger partial charge in [0.05, 0.1) is 12.0 Å². The molecule has 3 nitrogen and oxygen atoms in total. The number of halogens is 2. The third-order valence-corrected chi connectivity index (χ3v) is 3.85. The van der Waals surface area contributed by atoms with E-state index in [9.17, 15) is 4.79 Å². The molecule has 3 unspecified atom stereocenters. The van der Waals surface area contributed by atoms with Crippen molar-refractivity contribution in [1.82, 2.24) is 5.32 Å². The summed E-state index contributed by atoms with van der Waals surface area (Å²) in [5.41, 5.74) is 6.95. The number of hydrogen-bond acceptors (Lipinski definition) is 2. The van der Waals surface area contributed by atoms with Gasteiger partial charge in [0.25, 0.3) is 0 Å². The van der Waals surface area contributed by atoms with E-state index >= 15 is 0 Å². The van der Waals surface area contributed by atoms with Crippen molar-refractivity contribution in [2.24, 2.45) is 11.7 Å². The molecule has 1 aliphatic rings. The van der Waals surface area contributed by atoms with E-state index in [1.165, 1.54) is 0 Å². The largest absolute Gasteiger partial charge is 0.349 e. The topological polar surface area (TPSA) is 55.1 Å². The van der Waals surface area contributed by atoms with Gasteiger partial charge in [-0.15, -0.1) is 12.4 Å². The van der Waals surface area contributed by atoms with Crippen molar-refractivity contribution in [3.8, 4) is 0 Å². The molecule has 0 heterocycles. The summed E-state index contributed by atoms with van der Waals surface area (Å²) in [6, 6.07) is 7.53. The predicted molar refractivity (Wildman–Crippen MR) is 80.6 cm³/mol. The van der Waals surface area contributed by atoms with Crippen molar-refractivity contribution in [3.63, 3.8) is 0 Å². The first kappa shape index (κ1) is 16.3. The van der Waals surface area contributed by atoms with Crippen LogP contribution in [0.15, 0.2) is 24.3 Å². The maximum absolute atomic E-state index is 12.1. The van der Waals surface area contributed by atoms with E-state index in [0.29, 0.717) is 5.02 Å².